The molecule has 4 heteroatoms. The molecule has 20 heavy (non-hydrogen) atoms. The van der Waals surface area contributed by atoms with Crippen LogP contribution in [0.2, 0.25) is 0 Å². The van der Waals surface area contributed by atoms with Crippen LogP contribution in [0, 0.1) is 6.92 Å². The summed E-state index contributed by atoms with van der Waals surface area (Å²) >= 11 is 0. The highest BCUT2D eigenvalue weighted by Gasteiger charge is 2.14. The summed E-state index contributed by atoms with van der Waals surface area (Å²) in [6.07, 6.45) is 3.58. The van der Waals surface area contributed by atoms with Crippen molar-refractivity contribution in [2.45, 2.75) is 32.7 Å². The standard InChI is InChI=1S/C16H19N3O/c1-11-5-8-14-15(10-11)19(16(17)18-14)12(2)6-7-13-4-3-9-20-13/h3-5,8-10,12H,6-7H2,1-2H3,(H2,17,18). The summed E-state index contributed by atoms with van der Waals surface area (Å²) in [5.74, 6) is 1.59. The second-order valence-electron chi connectivity index (χ2n) is 5.30. The number of nitrogens with zero attached hydrogens (tertiary/aromatic N) is 2. The molecule has 4 nitrogen and oxygen atoms in total. The highest BCUT2D eigenvalue weighted by Crippen LogP contribution is 2.26. The molecule has 0 spiro atoms. The lowest BCUT2D eigenvalue weighted by Crippen LogP contribution is -2.09. The minimum absolute atomic E-state index is 0.284. The van der Waals surface area contributed by atoms with Gasteiger partial charge in [-0.05, 0) is 50.1 Å². The third-order valence-corrected chi connectivity index (χ3v) is 3.70. The van der Waals surface area contributed by atoms with E-state index in [9.17, 15) is 0 Å². The summed E-state index contributed by atoms with van der Waals surface area (Å²) in [7, 11) is 0. The van der Waals surface area contributed by atoms with Gasteiger partial charge in [0.2, 0.25) is 5.95 Å². The molecule has 2 N–H and O–H groups in total. The van der Waals surface area contributed by atoms with Crippen molar-refractivity contribution in [1.29, 1.82) is 0 Å². The van der Waals surface area contributed by atoms with E-state index in [0.29, 0.717) is 5.95 Å². The Hall–Kier alpha value is -2.23. The van der Waals surface area contributed by atoms with Gasteiger partial charge >= 0.3 is 0 Å². The minimum atomic E-state index is 0.284. The van der Waals surface area contributed by atoms with Crippen molar-refractivity contribution in [1.82, 2.24) is 9.55 Å². The third-order valence-electron chi connectivity index (χ3n) is 3.70. The highest BCUT2D eigenvalue weighted by atomic mass is 16.3. The Morgan fingerprint density at radius 2 is 2.20 bits per heavy atom. The summed E-state index contributed by atoms with van der Waals surface area (Å²) in [4.78, 5) is 4.44. The number of furan rings is 1. The van der Waals surface area contributed by atoms with Crippen molar-refractivity contribution in [2.24, 2.45) is 0 Å². The molecule has 0 saturated heterocycles. The van der Waals surface area contributed by atoms with Gasteiger partial charge in [0.25, 0.3) is 0 Å². The Kier molecular flexibility index (Phi) is 3.22. The number of hydrogen-bond acceptors (Lipinski definition) is 3. The molecule has 0 radical (unpaired) electrons. The molecular formula is C16H19N3O. The number of aryl methyl sites for hydroxylation is 2. The second kappa shape index (κ2) is 5.04. The van der Waals surface area contributed by atoms with E-state index in [1.165, 1.54) is 5.56 Å². The molecule has 0 aliphatic rings. The Labute approximate surface area is 118 Å². The van der Waals surface area contributed by atoms with Gasteiger partial charge in [-0.1, -0.05) is 6.07 Å². The fraction of sp³-hybridized carbons (Fsp3) is 0.312. The Morgan fingerprint density at radius 3 is 2.95 bits per heavy atom. The summed E-state index contributed by atoms with van der Waals surface area (Å²) in [6.45, 7) is 4.25. The fourth-order valence-electron chi connectivity index (χ4n) is 2.62. The van der Waals surface area contributed by atoms with Gasteiger partial charge in [-0.15, -0.1) is 0 Å². The maximum Gasteiger partial charge on any atom is 0.201 e. The number of anilines is 1. The Morgan fingerprint density at radius 1 is 1.35 bits per heavy atom. The molecule has 0 aliphatic carbocycles. The normalized spacial score (nSPS) is 12.9. The van der Waals surface area contributed by atoms with Crippen molar-refractivity contribution >= 4 is 17.0 Å². The monoisotopic (exact) mass is 269 g/mol. The predicted octanol–water partition coefficient (Wildman–Crippen LogP) is 3.71. The summed E-state index contributed by atoms with van der Waals surface area (Å²) in [5, 5.41) is 0. The van der Waals surface area contributed by atoms with Crippen molar-refractivity contribution < 1.29 is 4.42 Å². The predicted molar refractivity (Wildman–Crippen MR) is 80.6 cm³/mol. The molecule has 1 unspecified atom stereocenters. The molecule has 0 bridgehead atoms. The Balaban J connectivity index is 1.88. The van der Waals surface area contributed by atoms with Gasteiger partial charge in [0, 0.05) is 12.5 Å². The van der Waals surface area contributed by atoms with Crippen molar-refractivity contribution in [3.63, 3.8) is 0 Å². The van der Waals surface area contributed by atoms with E-state index in [1.807, 2.05) is 18.2 Å². The number of nitrogens with two attached hydrogens (primary N) is 1. The molecule has 104 valence electrons. The van der Waals surface area contributed by atoms with Crippen LogP contribution in [-0.2, 0) is 6.42 Å². The van der Waals surface area contributed by atoms with Crippen LogP contribution in [0.4, 0.5) is 5.95 Å². The van der Waals surface area contributed by atoms with Crippen LogP contribution in [0.1, 0.15) is 30.7 Å². The zero-order valence-electron chi connectivity index (χ0n) is 11.8. The first-order valence-electron chi connectivity index (χ1n) is 6.91. The van der Waals surface area contributed by atoms with E-state index >= 15 is 0 Å². The van der Waals surface area contributed by atoms with Crippen LogP contribution in [0.3, 0.4) is 0 Å². The summed E-state index contributed by atoms with van der Waals surface area (Å²) < 4.78 is 7.50. The molecule has 0 fully saturated rings. The van der Waals surface area contributed by atoms with Gasteiger partial charge in [0.1, 0.15) is 5.76 Å². The van der Waals surface area contributed by atoms with Gasteiger partial charge in [-0.2, -0.15) is 0 Å². The minimum Gasteiger partial charge on any atom is -0.469 e. The number of rotatable bonds is 4. The van der Waals surface area contributed by atoms with E-state index < -0.39 is 0 Å². The van der Waals surface area contributed by atoms with Gasteiger partial charge in [0.15, 0.2) is 0 Å². The molecule has 0 saturated carbocycles. The SMILES string of the molecule is Cc1ccc2nc(N)n(C(C)CCc3ccco3)c2c1. The number of imidazole rings is 1. The van der Waals surface area contributed by atoms with Gasteiger partial charge < -0.3 is 14.7 Å². The van der Waals surface area contributed by atoms with Crippen LogP contribution in [0.15, 0.2) is 41.0 Å². The fourth-order valence-corrected chi connectivity index (χ4v) is 2.62. The molecule has 0 aliphatic heterocycles. The largest absolute Gasteiger partial charge is 0.469 e. The first kappa shape index (κ1) is 12.8. The van der Waals surface area contributed by atoms with Crippen LogP contribution in [-0.4, -0.2) is 9.55 Å². The van der Waals surface area contributed by atoms with Crippen LogP contribution in [0.25, 0.3) is 11.0 Å². The highest BCUT2D eigenvalue weighted by molar-refractivity contribution is 5.79. The molecule has 2 heterocycles. The number of nitrogen functional groups attached to an aromatic ring is 1. The van der Waals surface area contributed by atoms with E-state index in [4.69, 9.17) is 10.2 Å². The topological polar surface area (TPSA) is 57.0 Å². The van der Waals surface area contributed by atoms with Crippen LogP contribution < -0.4 is 5.73 Å². The van der Waals surface area contributed by atoms with Crippen molar-refractivity contribution in [2.75, 3.05) is 5.73 Å². The number of hydrogen-bond donors (Lipinski definition) is 1. The average molecular weight is 269 g/mol. The van der Waals surface area contributed by atoms with E-state index in [-0.39, 0.29) is 6.04 Å². The van der Waals surface area contributed by atoms with Crippen LogP contribution >= 0.6 is 0 Å². The zero-order valence-corrected chi connectivity index (χ0v) is 11.8. The quantitative estimate of drug-likeness (QED) is 0.785. The van der Waals surface area contributed by atoms with E-state index in [2.05, 4.69) is 35.5 Å². The summed E-state index contributed by atoms with van der Waals surface area (Å²) in [5.41, 5.74) is 9.36. The molecule has 1 aromatic carbocycles. The van der Waals surface area contributed by atoms with Gasteiger partial charge in [-0.25, -0.2) is 4.98 Å². The molecule has 1 atom stereocenters. The van der Waals surface area contributed by atoms with Gasteiger partial charge in [-0.3, -0.25) is 0 Å². The molecule has 3 aromatic rings. The van der Waals surface area contributed by atoms with E-state index in [0.717, 1.165) is 29.6 Å². The smallest absolute Gasteiger partial charge is 0.201 e. The lowest BCUT2D eigenvalue weighted by Gasteiger charge is -2.15. The Bertz CT molecular complexity index is 713. The average Bonchev–Trinajstić information content (AvgIpc) is 3.02. The van der Waals surface area contributed by atoms with Crippen molar-refractivity contribution in [3.8, 4) is 0 Å². The first-order valence-corrected chi connectivity index (χ1v) is 6.91. The zero-order chi connectivity index (χ0) is 14.1. The molecular weight excluding hydrogens is 250 g/mol. The van der Waals surface area contributed by atoms with E-state index in [1.54, 1.807) is 6.26 Å². The lowest BCUT2D eigenvalue weighted by molar-refractivity contribution is 0.460. The maximum absolute atomic E-state index is 6.08. The van der Waals surface area contributed by atoms with Crippen molar-refractivity contribution in [3.05, 3.63) is 47.9 Å². The third kappa shape index (κ3) is 2.29. The number of aromatic nitrogens is 2. The first-order chi connectivity index (χ1) is 9.65. The number of fused-ring (bicyclic) bond motifs is 1. The molecule has 3 rings (SSSR count). The molecule has 2 aromatic heterocycles. The summed E-state index contributed by atoms with van der Waals surface area (Å²) in [6, 6.07) is 10.4. The number of benzene rings is 1. The van der Waals surface area contributed by atoms with Crippen LogP contribution in [0.5, 0.6) is 0 Å². The second-order valence-corrected chi connectivity index (χ2v) is 5.30. The molecule has 0 amide bonds. The van der Waals surface area contributed by atoms with Gasteiger partial charge in [0.05, 0.1) is 17.3 Å². The lowest BCUT2D eigenvalue weighted by atomic mass is 10.1. The maximum atomic E-state index is 6.08.